The Labute approximate surface area is 152 Å². The molecule has 1 aromatic carbocycles. The molecule has 3 aromatic rings. The van der Waals surface area contributed by atoms with Crippen LogP contribution in [-0.2, 0) is 6.54 Å². The molecule has 1 N–H and O–H groups in total. The molecule has 0 spiro atoms. The fourth-order valence-corrected chi connectivity index (χ4v) is 2.65. The normalized spacial score (nSPS) is 12.2. The number of aromatic nitrogens is 4. The second-order valence-electron chi connectivity index (χ2n) is 6.41. The number of nitrogens with one attached hydrogen (secondary N) is 1. The third-order valence-electron chi connectivity index (χ3n) is 4.11. The van der Waals surface area contributed by atoms with Gasteiger partial charge in [0, 0.05) is 18.3 Å². The average Bonchev–Trinajstić information content (AvgIpc) is 3.23. The van der Waals surface area contributed by atoms with E-state index in [4.69, 9.17) is 4.52 Å². The van der Waals surface area contributed by atoms with Crippen LogP contribution in [0.1, 0.15) is 53.8 Å². The molecule has 0 bridgehead atoms. The van der Waals surface area contributed by atoms with Crippen molar-refractivity contribution in [2.45, 2.75) is 46.7 Å². The van der Waals surface area contributed by atoms with Crippen LogP contribution in [0.3, 0.4) is 0 Å². The maximum atomic E-state index is 12.5. The molecule has 1 atom stereocenters. The van der Waals surface area contributed by atoms with Crippen molar-refractivity contribution in [1.82, 2.24) is 25.2 Å². The molecule has 2 aromatic heterocycles. The molecule has 7 heteroatoms. The van der Waals surface area contributed by atoms with Crippen LogP contribution in [0, 0.1) is 13.8 Å². The molecule has 26 heavy (non-hydrogen) atoms. The number of rotatable bonds is 6. The first-order valence-corrected chi connectivity index (χ1v) is 8.73. The molecule has 0 aliphatic rings. The van der Waals surface area contributed by atoms with Gasteiger partial charge in [0.25, 0.3) is 5.91 Å². The van der Waals surface area contributed by atoms with Crippen molar-refractivity contribution >= 4 is 5.91 Å². The van der Waals surface area contributed by atoms with Gasteiger partial charge in [-0.3, -0.25) is 9.48 Å². The molecule has 0 saturated heterocycles. The number of amides is 1. The summed E-state index contributed by atoms with van der Waals surface area (Å²) in [5, 5.41) is 11.3. The van der Waals surface area contributed by atoms with E-state index in [1.807, 2.05) is 45.0 Å². The molecule has 136 valence electrons. The van der Waals surface area contributed by atoms with Crippen LogP contribution in [-0.4, -0.2) is 25.8 Å². The number of carbonyl (C=O) groups is 1. The maximum absolute atomic E-state index is 12.5. The lowest BCUT2D eigenvalue weighted by atomic mass is 10.1. The zero-order valence-electron chi connectivity index (χ0n) is 15.5. The van der Waals surface area contributed by atoms with Gasteiger partial charge in [0.2, 0.25) is 11.7 Å². The van der Waals surface area contributed by atoms with E-state index in [1.165, 1.54) is 0 Å². The van der Waals surface area contributed by atoms with Gasteiger partial charge in [-0.25, -0.2) is 0 Å². The Morgan fingerprint density at radius 1 is 1.27 bits per heavy atom. The van der Waals surface area contributed by atoms with E-state index in [0.717, 1.165) is 24.1 Å². The van der Waals surface area contributed by atoms with Gasteiger partial charge in [-0.05, 0) is 27.2 Å². The highest BCUT2D eigenvalue weighted by Crippen LogP contribution is 2.19. The van der Waals surface area contributed by atoms with Crippen LogP contribution in [0.15, 0.2) is 35.0 Å². The van der Waals surface area contributed by atoms with Crippen LogP contribution in [0.4, 0.5) is 0 Å². The molecule has 0 saturated carbocycles. The molecule has 1 unspecified atom stereocenters. The van der Waals surface area contributed by atoms with Gasteiger partial charge >= 0.3 is 0 Å². The van der Waals surface area contributed by atoms with E-state index in [1.54, 1.807) is 10.9 Å². The minimum atomic E-state index is -0.400. The van der Waals surface area contributed by atoms with Crippen molar-refractivity contribution < 1.29 is 9.32 Å². The molecule has 1 amide bonds. The predicted molar refractivity (Wildman–Crippen MR) is 97.6 cm³/mol. The van der Waals surface area contributed by atoms with Crippen LogP contribution >= 0.6 is 0 Å². The van der Waals surface area contributed by atoms with Crippen LogP contribution in [0.25, 0.3) is 11.4 Å². The molecule has 7 nitrogen and oxygen atoms in total. The fraction of sp³-hybridized carbons (Fsp3) is 0.368. The summed E-state index contributed by atoms with van der Waals surface area (Å²) in [6.45, 7) is 8.52. The van der Waals surface area contributed by atoms with Gasteiger partial charge in [0.15, 0.2) is 0 Å². The first kappa shape index (κ1) is 17.8. The number of carbonyl (C=O) groups excluding carboxylic acids is 1. The molecule has 0 aliphatic carbocycles. The Balaban J connectivity index is 1.71. The van der Waals surface area contributed by atoms with E-state index in [-0.39, 0.29) is 5.91 Å². The van der Waals surface area contributed by atoms with Crippen molar-refractivity contribution in [3.63, 3.8) is 0 Å². The van der Waals surface area contributed by atoms with Crippen LogP contribution in [0.5, 0.6) is 0 Å². The second kappa shape index (κ2) is 7.51. The standard InChI is InChI=1S/C19H23N5O2/c1-5-10-24-11-16(13(3)22-24)18(25)20-14(4)19-21-17(23-26-19)15-8-6-12(2)7-9-15/h6-9,11,14H,5,10H2,1-4H3,(H,20,25). The summed E-state index contributed by atoms with van der Waals surface area (Å²) in [5.74, 6) is 0.674. The van der Waals surface area contributed by atoms with Gasteiger partial charge in [-0.1, -0.05) is 41.9 Å². The number of benzene rings is 1. The minimum absolute atomic E-state index is 0.201. The average molecular weight is 353 g/mol. The smallest absolute Gasteiger partial charge is 0.255 e. The molecular weight excluding hydrogens is 330 g/mol. The largest absolute Gasteiger partial charge is 0.340 e. The number of hydrogen-bond acceptors (Lipinski definition) is 5. The molecule has 3 rings (SSSR count). The molecule has 0 aliphatic heterocycles. The van der Waals surface area contributed by atoms with E-state index < -0.39 is 6.04 Å². The first-order valence-electron chi connectivity index (χ1n) is 8.73. The number of aryl methyl sites for hydroxylation is 3. The zero-order valence-corrected chi connectivity index (χ0v) is 15.5. The first-order chi connectivity index (χ1) is 12.5. The second-order valence-corrected chi connectivity index (χ2v) is 6.41. The van der Waals surface area contributed by atoms with E-state index in [9.17, 15) is 4.79 Å². The van der Waals surface area contributed by atoms with Crippen LogP contribution < -0.4 is 5.32 Å². The number of hydrogen-bond donors (Lipinski definition) is 1. The monoisotopic (exact) mass is 353 g/mol. The maximum Gasteiger partial charge on any atom is 0.255 e. The van der Waals surface area contributed by atoms with Gasteiger partial charge in [-0.15, -0.1) is 0 Å². The molecular formula is C19H23N5O2. The van der Waals surface area contributed by atoms with Crippen molar-refractivity contribution in [2.75, 3.05) is 0 Å². The molecule has 2 heterocycles. The lowest BCUT2D eigenvalue weighted by molar-refractivity contribution is 0.0932. The zero-order chi connectivity index (χ0) is 18.7. The van der Waals surface area contributed by atoms with Gasteiger partial charge in [-0.2, -0.15) is 10.1 Å². The summed E-state index contributed by atoms with van der Waals surface area (Å²) in [4.78, 5) is 16.9. The van der Waals surface area contributed by atoms with Crippen molar-refractivity contribution in [3.05, 3.63) is 53.2 Å². The predicted octanol–water partition coefficient (Wildman–Crippen LogP) is 3.45. The summed E-state index contributed by atoms with van der Waals surface area (Å²) < 4.78 is 7.11. The summed E-state index contributed by atoms with van der Waals surface area (Å²) in [7, 11) is 0. The lowest BCUT2D eigenvalue weighted by Gasteiger charge is -2.08. The topological polar surface area (TPSA) is 85.8 Å². The van der Waals surface area contributed by atoms with Crippen molar-refractivity contribution in [1.29, 1.82) is 0 Å². The van der Waals surface area contributed by atoms with E-state index in [2.05, 4.69) is 27.5 Å². The van der Waals surface area contributed by atoms with Crippen molar-refractivity contribution in [2.24, 2.45) is 0 Å². The fourth-order valence-electron chi connectivity index (χ4n) is 2.65. The Morgan fingerprint density at radius 2 is 2.00 bits per heavy atom. The highest BCUT2D eigenvalue weighted by molar-refractivity contribution is 5.95. The molecule has 0 fully saturated rings. The third kappa shape index (κ3) is 3.82. The quantitative estimate of drug-likeness (QED) is 0.733. The SMILES string of the molecule is CCCn1cc(C(=O)NC(C)c2nc(-c3ccc(C)cc3)no2)c(C)n1. The minimum Gasteiger partial charge on any atom is -0.340 e. The highest BCUT2D eigenvalue weighted by Gasteiger charge is 2.20. The van der Waals surface area contributed by atoms with E-state index in [0.29, 0.717) is 23.0 Å². The Morgan fingerprint density at radius 3 is 2.69 bits per heavy atom. The highest BCUT2D eigenvalue weighted by atomic mass is 16.5. The van der Waals surface area contributed by atoms with Gasteiger partial charge in [0.1, 0.15) is 6.04 Å². The summed E-state index contributed by atoms with van der Waals surface area (Å²) >= 11 is 0. The van der Waals surface area contributed by atoms with Crippen LogP contribution in [0.2, 0.25) is 0 Å². The van der Waals surface area contributed by atoms with E-state index >= 15 is 0 Å². The Kier molecular flexibility index (Phi) is 5.16. The van der Waals surface area contributed by atoms with Gasteiger partial charge < -0.3 is 9.84 Å². The third-order valence-corrected chi connectivity index (χ3v) is 4.11. The van der Waals surface area contributed by atoms with Crippen molar-refractivity contribution in [3.8, 4) is 11.4 Å². The molecule has 0 radical (unpaired) electrons. The van der Waals surface area contributed by atoms with Gasteiger partial charge in [0.05, 0.1) is 11.3 Å². The Bertz CT molecular complexity index is 895. The summed E-state index contributed by atoms with van der Waals surface area (Å²) in [6, 6.07) is 7.47. The number of nitrogens with zero attached hydrogens (tertiary/aromatic N) is 4. The Hall–Kier alpha value is -2.96. The summed E-state index contributed by atoms with van der Waals surface area (Å²) in [6.07, 6.45) is 2.73. The summed E-state index contributed by atoms with van der Waals surface area (Å²) in [5.41, 5.74) is 3.30. The lowest BCUT2D eigenvalue weighted by Crippen LogP contribution is -2.27.